The average Bonchev–Trinajstić information content (AvgIpc) is 3.12. The van der Waals surface area contributed by atoms with Crippen LogP contribution in [0.3, 0.4) is 0 Å². The lowest BCUT2D eigenvalue weighted by molar-refractivity contribution is -0.119. The number of thiocarbonyl (C=S) groups is 1. The molecule has 2 aromatic carbocycles. The van der Waals surface area contributed by atoms with Gasteiger partial charge in [-0.1, -0.05) is 6.92 Å². The maximum Gasteiger partial charge on any atom is 0.226 e. The Morgan fingerprint density at radius 1 is 1.07 bits per heavy atom. The summed E-state index contributed by atoms with van der Waals surface area (Å²) in [7, 11) is 0. The van der Waals surface area contributed by atoms with Crippen LogP contribution in [-0.2, 0) is 4.79 Å². The Morgan fingerprint density at radius 3 is 2.30 bits per heavy atom. The molecule has 158 valence electrons. The first-order valence-electron chi connectivity index (χ1n) is 10.3. The second-order valence-corrected chi connectivity index (χ2v) is 7.49. The molecule has 0 aliphatic rings. The van der Waals surface area contributed by atoms with Crippen molar-refractivity contribution in [3.8, 4) is 5.69 Å². The summed E-state index contributed by atoms with van der Waals surface area (Å²) in [5, 5.41) is 15.3. The van der Waals surface area contributed by atoms with Gasteiger partial charge in [-0.25, -0.2) is 0 Å². The highest BCUT2D eigenvalue weighted by atomic mass is 32.1. The van der Waals surface area contributed by atoms with Crippen LogP contribution in [0.15, 0.2) is 36.4 Å². The van der Waals surface area contributed by atoms with Crippen LogP contribution in [0.5, 0.6) is 0 Å². The number of carbonyl (C=O) groups excluding carboxylic acids is 1. The molecular weight excluding hydrogens is 396 g/mol. The quantitative estimate of drug-likeness (QED) is 0.554. The Labute approximate surface area is 182 Å². The maximum atomic E-state index is 11.7. The number of hydrogen-bond acceptors (Lipinski definition) is 5. The summed E-state index contributed by atoms with van der Waals surface area (Å²) < 4.78 is 0. The van der Waals surface area contributed by atoms with Crippen LogP contribution in [0, 0.1) is 6.92 Å². The normalized spacial score (nSPS) is 10.8. The lowest BCUT2D eigenvalue weighted by Crippen LogP contribution is -2.34. The first-order chi connectivity index (χ1) is 14.4. The Morgan fingerprint density at radius 2 is 1.70 bits per heavy atom. The molecule has 0 unspecified atom stereocenters. The van der Waals surface area contributed by atoms with Crippen molar-refractivity contribution in [3.05, 3.63) is 42.0 Å². The van der Waals surface area contributed by atoms with E-state index in [0.717, 1.165) is 47.5 Å². The molecule has 2 N–H and O–H groups in total. The van der Waals surface area contributed by atoms with Crippen LogP contribution in [0.25, 0.3) is 16.7 Å². The topological polar surface area (TPSA) is 75.1 Å². The van der Waals surface area contributed by atoms with Gasteiger partial charge < -0.3 is 15.5 Å². The summed E-state index contributed by atoms with van der Waals surface area (Å²) in [4.78, 5) is 15.7. The number of aryl methyl sites for hydroxylation is 1. The van der Waals surface area contributed by atoms with Gasteiger partial charge >= 0.3 is 0 Å². The lowest BCUT2D eigenvalue weighted by Gasteiger charge is -2.20. The van der Waals surface area contributed by atoms with Crippen LogP contribution in [0.4, 0.5) is 11.4 Å². The number of carbonyl (C=O) groups is 1. The molecule has 1 aromatic heterocycles. The van der Waals surface area contributed by atoms with E-state index >= 15 is 0 Å². The monoisotopic (exact) mass is 424 g/mol. The molecule has 0 saturated carbocycles. The van der Waals surface area contributed by atoms with Gasteiger partial charge in [0.05, 0.1) is 5.69 Å². The van der Waals surface area contributed by atoms with E-state index < -0.39 is 0 Å². The molecule has 1 heterocycles. The second kappa shape index (κ2) is 9.67. The van der Waals surface area contributed by atoms with E-state index in [9.17, 15) is 4.79 Å². The third-order valence-electron chi connectivity index (χ3n) is 4.91. The molecule has 30 heavy (non-hydrogen) atoms. The zero-order valence-electron chi connectivity index (χ0n) is 17.9. The van der Waals surface area contributed by atoms with Crippen LogP contribution in [0.2, 0.25) is 0 Å². The van der Waals surface area contributed by atoms with E-state index in [2.05, 4.69) is 51.7 Å². The SMILES string of the molecule is CCCC(=O)NC(=S)Nc1cc2nn(-c3ccc(N(CC)CC)cc3)nc2cc1C. The van der Waals surface area contributed by atoms with Crippen molar-refractivity contribution in [1.82, 2.24) is 20.3 Å². The van der Waals surface area contributed by atoms with E-state index in [1.807, 2.05) is 38.1 Å². The van der Waals surface area contributed by atoms with E-state index in [-0.39, 0.29) is 11.0 Å². The number of aromatic nitrogens is 3. The smallest absolute Gasteiger partial charge is 0.226 e. The molecule has 0 aliphatic carbocycles. The fraction of sp³-hybridized carbons (Fsp3) is 0.364. The van der Waals surface area contributed by atoms with E-state index in [1.165, 1.54) is 5.69 Å². The number of nitrogens with zero attached hydrogens (tertiary/aromatic N) is 4. The highest BCUT2D eigenvalue weighted by Crippen LogP contribution is 2.23. The van der Waals surface area contributed by atoms with Gasteiger partial charge in [-0.2, -0.15) is 4.80 Å². The standard InChI is InChI=1S/C22H28N6OS/c1-5-8-21(29)24-22(30)23-18-14-20-19(13-15(18)4)25-28(26-20)17-11-9-16(10-12-17)27(6-2)7-3/h9-14H,5-8H2,1-4H3,(H2,23,24,29,30). The lowest BCUT2D eigenvalue weighted by atomic mass is 10.2. The minimum absolute atomic E-state index is 0.0900. The molecule has 0 spiro atoms. The molecule has 3 rings (SSSR count). The van der Waals surface area contributed by atoms with Crippen LogP contribution >= 0.6 is 12.2 Å². The molecule has 3 aromatic rings. The Hall–Kier alpha value is -3.00. The van der Waals surface area contributed by atoms with Gasteiger partial charge in [-0.3, -0.25) is 4.79 Å². The van der Waals surface area contributed by atoms with E-state index in [0.29, 0.717) is 6.42 Å². The van der Waals surface area contributed by atoms with Crippen LogP contribution in [0.1, 0.15) is 39.2 Å². The van der Waals surface area contributed by atoms with Crippen molar-refractivity contribution in [2.24, 2.45) is 0 Å². The van der Waals surface area contributed by atoms with Crippen LogP contribution in [-0.4, -0.2) is 39.1 Å². The minimum atomic E-state index is -0.0900. The number of benzene rings is 2. The predicted octanol–water partition coefficient (Wildman–Crippen LogP) is 4.19. The molecule has 0 fully saturated rings. The number of hydrogen-bond donors (Lipinski definition) is 2. The highest BCUT2D eigenvalue weighted by molar-refractivity contribution is 7.80. The molecule has 7 nitrogen and oxygen atoms in total. The summed E-state index contributed by atoms with van der Waals surface area (Å²) in [6.07, 6.45) is 1.22. The fourth-order valence-corrected chi connectivity index (χ4v) is 3.50. The van der Waals surface area contributed by atoms with Crippen molar-refractivity contribution < 1.29 is 4.79 Å². The summed E-state index contributed by atoms with van der Waals surface area (Å²) in [6.45, 7) is 10.2. The third kappa shape index (κ3) is 4.94. The Bertz CT molecular complexity index is 1040. The van der Waals surface area contributed by atoms with Gasteiger partial charge in [0, 0.05) is 30.9 Å². The molecule has 0 saturated heterocycles. The molecule has 0 radical (unpaired) electrons. The molecule has 8 heteroatoms. The maximum absolute atomic E-state index is 11.7. The average molecular weight is 425 g/mol. The minimum Gasteiger partial charge on any atom is -0.372 e. The molecule has 0 atom stereocenters. The number of nitrogens with one attached hydrogen (secondary N) is 2. The number of amides is 1. The molecule has 1 amide bonds. The van der Waals surface area contributed by atoms with Crippen LogP contribution < -0.4 is 15.5 Å². The van der Waals surface area contributed by atoms with Crippen molar-refractivity contribution >= 4 is 45.6 Å². The van der Waals surface area contributed by atoms with Crippen molar-refractivity contribution in [3.63, 3.8) is 0 Å². The zero-order chi connectivity index (χ0) is 21.7. The molecular formula is C22H28N6OS. The Kier molecular flexibility index (Phi) is 6.99. The first kappa shape index (κ1) is 21.7. The van der Waals surface area contributed by atoms with Gasteiger partial charge in [0.1, 0.15) is 11.0 Å². The van der Waals surface area contributed by atoms with Crippen molar-refractivity contribution in [2.75, 3.05) is 23.3 Å². The van der Waals surface area contributed by atoms with Gasteiger partial charge in [0.25, 0.3) is 0 Å². The van der Waals surface area contributed by atoms with Crippen molar-refractivity contribution in [1.29, 1.82) is 0 Å². The van der Waals surface area contributed by atoms with E-state index in [1.54, 1.807) is 4.80 Å². The zero-order valence-corrected chi connectivity index (χ0v) is 18.7. The highest BCUT2D eigenvalue weighted by Gasteiger charge is 2.11. The summed E-state index contributed by atoms with van der Waals surface area (Å²) in [5.74, 6) is -0.0900. The van der Waals surface area contributed by atoms with Gasteiger partial charge in [0.15, 0.2) is 5.11 Å². The van der Waals surface area contributed by atoms with Gasteiger partial charge in [-0.05, 0) is 81.4 Å². The summed E-state index contributed by atoms with van der Waals surface area (Å²) in [5.41, 5.74) is 5.40. The molecule has 0 aliphatic heterocycles. The van der Waals surface area contributed by atoms with Crippen molar-refractivity contribution in [2.45, 2.75) is 40.5 Å². The van der Waals surface area contributed by atoms with Gasteiger partial charge in [-0.15, -0.1) is 10.2 Å². The predicted molar refractivity (Wildman–Crippen MR) is 126 cm³/mol. The third-order valence-corrected chi connectivity index (χ3v) is 5.12. The summed E-state index contributed by atoms with van der Waals surface area (Å²) >= 11 is 5.26. The first-order valence-corrected chi connectivity index (χ1v) is 10.7. The number of rotatable bonds is 7. The van der Waals surface area contributed by atoms with E-state index in [4.69, 9.17) is 12.2 Å². The summed E-state index contributed by atoms with van der Waals surface area (Å²) in [6, 6.07) is 12.1. The number of fused-ring (bicyclic) bond motifs is 1. The largest absolute Gasteiger partial charge is 0.372 e. The number of anilines is 2. The van der Waals surface area contributed by atoms with Gasteiger partial charge in [0.2, 0.25) is 5.91 Å². The Balaban J connectivity index is 1.81. The second-order valence-electron chi connectivity index (χ2n) is 7.09. The fourth-order valence-electron chi connectivity index (χ4n) is 3.27. The molecule has 0 bridgehead atoms.